The number of hydroxylamine groups is 2. The fourth-order valence-electron chi connectivity index (χ4n) is 0.706. The lowest BCUT2D eigenvalue weighted by atomic mass is 10.2. The second kappa shape index (κ2) is 2.06. The van der Waals surface area contributed by atoms with E-state index in [1.54, 1.807) is 0 Å². The molecule has 1 aliphatic heterocycles. The molecule has 0 aromatic rings. The van der Waals surface area contributed by atoms with Crippen LogP contribution in [0.25, 0.3) is 0 Å². The minimum Gasteiger partial charge on any atom is -0.478 e. The Kier molecular flexibility index (Phi) is 1.40. The summed E-state index contributed by atoms with van der Waals surface area (Å²) < 4.78 is 0. The third kappa shape index (κ3) is 1.20. The Bertz CT molecular complexity index is 164. The van der Waals surface area contributed by atoms with E-state index in [1.165, 1.54) is 6.20 Å². The zero-order valence-electron chi connectivity index (χ0n) is 4.74. The predicted molar refractivity (Wildman–Crippen MR) is 28.8 cm³/mol. The van der Waals surface area contributed by atoms with Crippen molar-refractivity contribution in [2.45, 2.75) is 6.42 Å². The van der Waals surface area contributed by atoms with Crippen LogP contribution < -0.4 is 0 Å². The van der Waals surface area contributed by atoms with Gasteiger partial charge in [0.15, 0.2) is 0 Å². The van der Waals surface area contributed by atoms with Gasteiger partial charge in [0.1, 0.15) is 0 Å². The highest BCUT2D eigenvalue weighted by Gasteiger charge is 2.15. The Labute approximate surface area is 52.0 Å². The van der Waals surface area contributed by atoms with E-state index in [9.17, 15) is 4.79 Å². The second-order valence-corrected chi connectivity index (χ2v) is 1.87. The van der Waals surface area contributed by atoms with Crippen molar-refractivity contribution in [1.29, 1.82) is 0 Å². The van der Waals surface area contributed by atoms with Crippen LogP contribution >= 0.6 is 0 Å². The molecule has 0 fully saturated rings. The van der Waals surface area contributed by atoms with E-state index in [-0.39, 0.29) is 5.57 Å². The molecule has 0 bridgehead atoms. The van der Waals surface area contributed by atoms with Gasteiger partial charge in [-0.1, -0.05) is 0 Å². The smallest absolute Gasteiger partial charge is 0.333 e. The van der Waals surface area contributed by atoms with Crippen LogP contribution in [0.4, 0.5) is 0 Å². The van der Waals surface area contributed by atoms with Gasteiger partial charge < -0.3 is 5.11 Å². The number of carbonyl (C=O) groups is 1. The molecule has 1 rings (SSSR count). The Hall–Kier alpha value is -1.03. The van der Waals surface area contributed by atoms with E-state index < -0.39 is 5.97 Å². The van der Waals surface area contributed by atoms with Gasteiger partial charge in [0.05, 0.1) is 5.57 Å². The number of nitrogens with zero attached hydrogens (tertiary/aromatic N) is 1. The van der Waals surface area contributed by atoms with Gasteiger partial charge in [0.2, 0.25) is 0 Å². The number of aliphatic carboxylic acids is 1. The Morgan fingerprint density at radius 2 is 2.44 bits per heavy atom. The van der Waals surface area contributed by atoms with Gasteiger partial charge in [-0.15, -0.1) is 0 Å². The molecule has 1 heterocycles. The maximum atomic E-state index is 10.1. The number of rotatable bonds is 1. The van der Waals surface area contributed by atoms with Crippen molar-refractivity contribution in [3.05, 3.63) is 11.8 Å². The topological polar surface area (TPSA) is 60.8 Å². The first-order valence-electron chi connectivity index (χ1n) is 2.59. The molecule has 4 nitrogen and oxygen atoms in total. The van der Waals surface area contributed by atoms with Gasteiger partial charge in [0.25, 0.3) is 0 Å². The van der Waals surface area contributed by atoms with Gasteiger partial charge in [-0.05, 0) is 0 Å². The molecular weight excluding hydrogens is 122 g/mol. The Morgan fingerprint density at radius 1 is 1.78 bits per heavy atom. The standard InChI is InChI=1S/C5H7NO3/c7-5(8)4-1-2-6(9)3-4/h3,9H,1-2H2,(H,7,8). The summed E-state index contributed by atoms with van der Waals surface area (Å²) in [6.07, 6.45) is 1.65. The average molecular weight is 129 g/mol. The van der Waals surface area contributed by atoms with Gasteiger partial charge in [-0.3, -0.25) is 10.3 Å². The molecule has 0 saturated heterocycles. The first kappa shape index (κ1) is 6.10. The zero-order valence-corrected chi connectivity index (χ0v) is 4.74. The molecule has 0 unspecified atom stereocenters. The van der Waals surface area contributed by atoms with Crippen molar-refractivity contribution in [3.63, 3.8) is 0 Å². The Balaban J connectivity index is 2.62. The van der Waals surface area contributed by atoms with Crippen LogP contribution in [0.2, 0.25) is 0 Å². The van der Waals surface area contributed by atoms with Gasteiger partial charge in [-0.25, -0.2) is 4.79 Å². The molecule has 0 aromatic carbocycles. The largest absolute Gasteiger partial charge is 0.478 e. The van der Waals surface area contributed by atoms with E-state index in [2.05, 4.69) is 0 Å². The van der Waals surface area contributed by atoms with E-state index in [4.69, 9.17) is 10.3 Å². The quantitative estimate of drug-likeness (QED) is 0.525. The molecular formula is C5H7NO3. The van der Waals surface area contributed by atoms with Crippen LogP contribution in [0, 0.1) is 0 Å². The van der Waals surface area contributed by atoms with Gasteiger partial charge >= 0.3 is 5.97 Å². The van der Waals surface area contributed by atoms with Crippen LogP contribution in [0.5, 0.6) is 0 Å². The first-order chi connectivity index (χ1) is 4.20. The number of hydrogen-bond donors (Lipinski definition) is 2. The van der Waals surface area contributed by atoms with Crippen molar-refractivity contribution >= 4 is 5.97 Å². The van der Waals surface area contributed by atoms with Crippen LogP contribution in [-0.2, 0) is 4.79 Å². The molecule has 0 aromatic heterocycles. The molecule has 0 spiro atoms. The summed E-state index contributed by atoms with van der Waals surface area (Å²) in [6, 6.07) is 0. The minimum absolute atomic E-state index is 0.262. The van der Waals surface area contributed by atoms with Crippen LogP contribution in [-0.4, -0.2) is 27.9 Å². The third-order valence-electron chi connectivity index (χ3n) is 1.19. The molecule has 0 aliphatic carbocycles. The normalized spacial score (nSPS) is 17.9. The van der Waals surface area contributed by atoms with E-state index in [1.807, 2.05) is 0 Å². The van der Waals surface area contributed by atoms with Gasteiger partial charge in [0, 0.05) is 19.2 Å². The lowest BCUT2D eigenvalue weighted by Gasteiger charge is -1.99. The van der Waals surface area contributed by atoms with Crippen LogP contribution in [0.15, 0.2) is 11.8 Å². The minimum atomic E-state index is -0.952. The van der Waals surface area contributed by atoms with Gasteiger partial charge in [-0.2, -0.15) is 0 Å². The third-order valence-corrected chi connectivity index (χ3v) is 1.19. The fourth-order valence-corrected chi connectivity index (χ4v) is 0.706. The monoisotopic (exact) mass is 129 g/mol. The number of carboxylic acid groups (broad SMARTS) is 1. The van der Waals surface area contributed by atoms with Crippen molar-refractivity contribution in [3.8, 4) is 0 Å². The molecule has 0 radical (unpaired) electrons. The summed E-state index contributed by atoms with van der Waals surface area (Å²) in [5, 5.41) is 17.8. The highest BCUT2D eigenvalue weighted by atomic mass is 16.5. The van der Waals surface area contributed by atoms with Crippen molar-refractivity contribution in [1.82, 2.24) is 5.06 Å². The molecule has 2 N–H and O–H groups in total. The summed E-state index contributed by atoms with van der Waals surface area (Å²) in [4.78, 5) is 10.1. The number of hydrogen-bond acceptors (Lipinski definition) is 3. The molecule has 0 amide bonds. The summed E-state index contributed by atoms with van der Waals surface area (Å²) in [5.41, 5.74) is 0.262. The fraction of sp³-hybridized carbons (Fsp3) is 0.400. The second-order valence-electron chi connectivity index (χ2n) is 1.87. The molecule has 1 aliphatic rings. The van der Waals surface area contributed by atoms with Crippen LogP contribution in [0.1, 0.15) is 6.42 Å². The molecule has 0 saturated carbocycles. The maximum absolute atomic E-state index is 10.1. The van der Waals surface area contributed by atoms with E-state index >= 15 is 0 Å². The van der Waals surface area contributed by atoms with E-state index in [0.29, 0.717) is 13.0 Å². The first-order valence-corrected chi connectivity index (χ1v) is 2.59. The SMILES string of the molecule is O=C(O)C1=CN(O)CC1. The van der Waals surface area contributed by atoms with E-state index in [0.717, 1.165) is 5.06 Å². The van der Waals surface area contributed by atoms with Crippen molar-refractivity contribution in [2.75, 3.05) is 6.54 Å². The summed E-state index contributed by atoms with van der Waals surface area (Å²) in [6.45, 7) is 0.391. The van der Waals surface area contributed by atoms with Crippen molar-refractivity contribution in [2.24, 2.45) is 0 Å². The highest BCUT2D eigenvalue weighted by Crippen LogP contribution is 2.10. The predicted octanol–water partition coefficient (Wildman–Crippen LogP) is 0.0498. The summed E-state index contributed by atoms with van der Waals surface area (Å²) in [5.74, 6) is -0.952. The average Bonchev–Trinajstić information content (AvgIpc) is 2.14. The summed E-state index contributed by atoms with van der Waals surface area (Å²) in [7, 11) is 0. The van der Waals surface area contributed by atoms with Crippen LogP contribution in [0.3, 0.4) is 0 Å². The molecule has 4 heteroatoms. The zero-order chi connectivity index (χ0) is 6.85. The molecule has 0 atom stereocenters. The number of carboxylic acids is 1. The Morgan fingerprint density at radius 3 is 2.67 bits per heavy atom. The highest BCUT2D eigenvalue weighted by molar-refractivity contribution is 5.86. The van der Waals surface area contributed by atoms with Crippen molar-refractivity contribution < 1.29 is 15.1 Å². The molecule has 9 heavy (non-hydrogen) atoms. The lowest BCUT2D eigenvalue weighted by Crippen LogP contribution is -2.05. The summed E-state index contributed by atoms with van der Waals surface area (Å²) >= 11 is 0. The maximum Gasteiger partial charge on any atom is 0.333 e. The molecule has 50 valence electrons. The lowest BCUT2D eigenvalue weighted by molar-refractivity contribution is -0.132.